The number of aromatic nitrogens is 1. The number of hydrogen-bond donors (Lipinski definition) is 1. The van der Waals surface area contributed by atoms with Crippen LogP contribution < -0.4 is 10.6 Å². The Morgan fingerprint density at radius 2 is 2.19 bits per heavy atom. The summed E-state index contributed by atoms with van der Waals surface area (Å²) in [4.78, 5) is 6.63. The first-order chi connectivity index (χ1) is 7.60. The van der Waals surface area contributed by atoms with Gasteiger partial charge < -0.3 is 10.6 Å². The molecule has 0 spiro atoms. The maximum absolute atomic E-state index is 5.98. The van der Waals surface area contributed by atoms with Crippen molar-refractivity contribution >= 4 is 17.4 Å². The Hall–Kier alpha value is -0.800. The van der Waals surface area contributed by atoms with Crippen molar-refractivity contribution in [2.75, 3.05) is 11.9 Å². The van der Waals surface area contributed by atoms with E-state index in [9.17, 15) is 0 Å². The molecule has 0 aromatic carbocycles. The smallest absolute Gasteiger partial charge is 0.128 e. The number of nitrogens with two attached hydrogens (primary N) is 1. The summed E-state index contributed by atoms with van der Waals surface area (Å²) in [6.07, 6.45) is 2.32. The van der Waals surface area contributed by atoms with Gasteiger partial charge in [0.25, 0.3) is 0 Å². The van der Waals surface area contributed by atoms with Gasteiger partial charge in [-0.2, -0.15) is 0 Å². The fourth-order valence-electron chi connectivity index (χ4n) is 1.65. The van der Waals surface area contributed by atoms with E-state index in [2.05, 4.69) is 30.8 Å². The Labute approximate surface area is 103 Å². The lowest BCUT2D eigenvalue weighted by Gasteiger charge is -2.26. The molecule has 1 rings (SSSR count). The van der Waals surface area contributed by atoms with Crippen LogP contribution >= 0.6 is 11.6 Å². The zero-order valence-corrected chi connectivity index (χ0v) is 11.0. The molecule has 1 aromatic heterocycles. The lowest BCUT2D eigenvalue weighted by Crippen LogP contribution is -2.29. The third-order valence-corrected chi connectivity index (χ3v) is 3.17. The highest BCUT2D eigenvalue weighted by Gasteiger charge is 2.11. The molecular weight excluding hydrogens is 222 g/mol. The average molecular weight is 242 g/mol. The molecular formula is C12H20ClN3. The largest absolute Gasteiger partial charge is 0.357 e. The number of nitrogens with zero attached hydrogens (tertiary/aromatic N) is 2. The minimum Gasteiger partial charge on any atom is -0.357 e. The van der Waals surface area contributed by atoms with Crippen LogP contribution in [0.25, 0.3) is 0 Å². The molecule has 0 fully saturated rings. The van der Waals surface area contributed by atoms with Gasteiger partial charge in [-0.05, 0) is 25.5 Å². The normalized spacial score (nSPS) is 12.6. The third-order valence-electron chi connectivity index (χ3n) is 2.83. The van der Waals surface area contributed by atoms with E-state index in [1.807, 2.05) is 12.1 Å². The van der Waals surface area contributed by atoms with Crippen molar-refractivity contribution in [1.82, 2.24) is 4.98 Å². The average Bonchev–Trinajstić information content (AvgIpc) is 2.29. The number of halogens is 1. The first-order valence-electron chi connectivity index (χ1n) is 5.68. The SMILES string of the molecule is CCCC(C)N(C)c1ccc(Cl)c(CN)n1. The van der Waals surface area contributed by atoms with Gasteiger partial charge in [0.05, 0.1) is 10.7 Å². The van der Waals surface area contributed by atoms with E-state index in [1.54, 1.807) is 0 Å². The highest BCUT2D eigenvalue weighted by Crippen LogP contribution is 2.20. The zero-order valence-electron chi connectivity index (χ0n) is 10.2. The molecule has 0 bridgehead atoms. The van der Waals surface area contributed by atoms with Gasteiger partial charge in [0.2, 0.25) is 0 Å². The fraction of sp³-hybridized carbons (Fsp3) is 0.583. The van der Waals surface area contributed by atoms with Gasteiger partial charge >= 0.3 is 0 Å². The molecule has 16 heavy (non-hydrogen) atoms. The molecule has 1 unspecified atom stereocenters. The molecule has 0 saturated heterocycles. The van der Waals surface area contributed by atoms with Gasteiger partial charge in [-0.3, -0.25) is 0 Å². The minimum absolute atomic E-state index is 0.378. The van der Waals surface area contributed by atoms with Crippen molar-refractivity contribution in [3.8, 4) is 0 Å². The van der Waals surface area contributed by atoms with E-state index in [4.69, 9.17) is 17.3 Å². The quantitative estimate of drug-likeness (QED) is 0.862. The highest BCUT2D eigenvalue weighted by molar-refractivity contribution is 6.31. The monoisotopic (exact) mass is 241 g/mol. The maximum atomic E-state index is 5.98. The molecule has 90 valence electrons. The number of pyridine rings is 1. The van der Waals surface area contributed by atoms with E-state index in [0.717, 1.165) is 17.9 Å². The second kappa shape index (κ2) is 6.06. The predicted octanol–water partition coefficient (Wildman–Crippen LogP) is 2.82. The summed E-state index contributed by atoms with van der Waals surface area (Å²) in [5.41, 5.74) is 6.35. The van der Waals surface area contributed by atoms with Gasteiger partial charge in [-0.15, -0.1) is 0 Å². The van der Waals surface area contributed by atoms with Gasteiger partial charge in [-0.25, -0.2) is 4.98 Å². The molecule has 0 amide bonds. The van der Waals surface area contributed by atoms with Crippen LogP contribution in [0.5, 0.6) is 0 Å². The van der Waals surface area contributed by atoms with Crippen LogP contribution in [-0.2, 0) is 6.54 Å². The van der Waals surface area contributed by atoms with Gasteiger partial charge in [0.15, 0.2) is 0 Å². The second-order valence-electron chi connectivity index (χ2n) is 4.05. The number of hydrogen-bond acceptors (Lipinski definition) is 3. The summed E-state index contributed by atoms with van der Waals surface area (Å²) in [6, 6.07) is 4.28. The molecule has 4 heteroatoms. The molecule has 0 aliphatic carbocycles. The Morgan fingerprint density at radius 1 is 1.50 bits per heavy atom. The summed E-state index contributed by atoms with van der Waals surface area (Å²) < 4.78 is 0. The molecule has 0 saturated carbocycles. The maximum Gasteiger partial charge on any atom is 0.128 e. The summed E-state index contributed by atoms with van der Waals surface area (Å²) in [5, 5.41) is 0.641. The Kier molecular flexibility index (Phi) is 5.03. The van der Waals surface area contributed by atoms with E-state index in [-0.39, 0.29) is 0 Å². The Bertz CT molecular complexity index is 341. The molecule has 0 radical (unpaired) electrons. The van der Waals surface area contributed by atoms with Crippen LogP contribution in [0.1, 0.15) is 32.4 Å². The van der Waals surface area contributed by atoms with Gasteiger partial charge in [-0.1, -0.05) is 24.9 Å². The lowest BCUT2D eigenvalue weighted by atomic mass is 10.2. The van der Waals surface area contributed by atoms with Crippen LogP contribution in [0.3, 0.4) is 0 Å². The number of anilines is 1. The topological polar surface area (TPSA) is 42.1 Å². The first-order valence-corrected chi connectivity index (χ1v) is 6.06. The number of rotatable bonds is 5. The van der Waals surface area contributed by atoms with Crippen molar-refractivity contribution in [3.63, 3.8) is 0 Å². The summed E-state index contributed by atoms with van der Waals surface area (Å²) >= 11 is 5.98. The van der Waals surface area contributed by atoms with Crippen molar-refractivity contribution in [2.24, 2.45) is 5.73 Å². The summed E-state index contributed by atoms with van der Waals surface area (Å²) in [6.45, 7) is 4.76. The molecule has 1 heterocycles. The van der Waals surface area contributed by atoms with Gasteiger partial charge in [0, 0.05) is 19.6 Å². The van der Waals surface area contributed by atoms with Crippen LogP contribution in [0, 0.1) is 0 Å². The Morgan fingerprint density at radius 3 is 2.75 bits per heavy atom. The van der Waals surface area contributed by atoms with Crippen LogP contribution in [0.15, 0.2) is 12.1 Å². The first kappa shape index (κ1) is 13.3. The van der Waals surface area contributed by atoms with Crippen molar-refractivity contribution in [3.05, 3.63) is 22.8 Å². The van der Waals surface area contributed by atoms with Gasteiger partial charge in [0.1, 0.15) is 5.82 Å². The standard InChI is InChI=1S/C12H20ClN3/c1-4-5-9(2)16(3)12-7-6-10(13)11(8-14)15-12/h6-7,9H,4-5,8,14H2,1-3H3. The third kappa shape index (κ3) is 3.09. The highest BCUT2D eigenvalue weighted by atomic mass is 35.5. The summed E-state index contributed by atoms with van der Waals surface area (Å²) in [7, 11) is 2.05. The van der Waals surface area contributed by atoms with Crippen molar-refractivity contribution in [1.29, 1.82) is 0 Å². The molecule has 1 aromatic rings. The minimum atomic E-state index is 0.378. The summed E-state index contributed by atoms with van der Waals surface area (Å²) in [5.74, 6) is 0.936. The van der Waals surface area contributed by atoms with E-state index >= 15 is 0 Å². The Balaban J connectivity index is 2.87. The van der Waals surface area contributed by atoms with Crippen molar-refractivity contribution < 1.29 is 0 Å². The molecule has 1 atom stereocenters. The van der Waals surface area contributed by atoms with Crippen molar-refractivity contribution in [2.45, 2.75) is 39.3 Å². The molecule has 0 aliphatic rings. The van der Waals surface area contributed by atoms with E-state index < -0.39 is 0 Å². The van der Waals surface area contributed by atoms with E-state index in [1.165, 1.54) is 6.42 Å². The van der Waals surface area contributed by atoms with Crippen LogP contribution in [-0.4, -0.2) is 18.1 Å². The molecule has 0 aliphatic heterocycles. The fourth-order valence-corrected chi connectivity index (χ4v) is 1.83. The molecule has 2 N–H and O–H groups in total. The van der Waals surface area contributed by atoms with Crippen LogP contribution in [0.2, 0.25) is 5.02 Å². The lowest BCUT2D eigenvalue weighted by molar-refractivity contribution is 0.610. The predicted molar refractivity (Wildman–Crippen MR) is 69.9 cm³/mol. The molecule has 3 nitrogen and oxygen atoms in total. The van der Waals surface area contributed by atoms with Crippen LogP contribution in [0.4, 0.5) is 5.82 Å². The second-order valence-corrected chi connectivity index (χ2v) is 4.46. The van der Waals surface area contributed by atoms with E-state index in [0.29, 0.717) is 17.6 Å². The zero-order chi connectivity index (χ0) is 12.1.